The molecule has 1 fully saturated rings. The number of carbonyl (C=O) groups is 1. The maximum atomic E-state index is 12.5. The van der Waals surface area contributed by atoms with Gasteiger partial charge >= 0.3 is 0 Å². The number of nitrogens with zero attached hydrogens (tertiary/aromatic N) is 1. The van der Waals surface area contributed by atoms with Gasteiger partial charge in [0.15, 0.2) is 9.84 Å². The Labute approximate surface area is 139 Å². The van der Waals surface area contributed by atoms with Gasteiger partial charge in [0.25, 0.3) is 0 Å². The van der Waals surface area contributed by atoms with Crippen molar-refractivity contribution in [1.29, 1.82) is 0 Å². The van der Waals surface area contributed by atoms with Gasteiger partial charge in [-0.3, -0.25) is 4.79 Å². The fourth-order valence-corrected chi connectivity index (χ4v) is 4.22. The minimum absolute atomic E-state index is 0.0909. The maximum Gasteiger partial charge on any atom is 0.226 e. The summed E-state index contributed by atoms with van der Waals surface area (Å²) in [6.07, 6.45) is 5.04. The molecular formula is C18H27NO3S. The van der Waals surface area contributed by atoms with Gasteiger partial charge in [-0.05, 0) is 36.5 Å². The third kappa shape index (κ3) is 4.34. The summed E-state index contributed by atoms with van der Waals surface area (Å²) in [4.78, 5) is 14.7. The lowest BCUT2D eigenvalue weighted by atomic mass is 9.85. The normalized spacial score (nSPS) is 21.9. The van der Waals surface area contributed by atoms with E-state index in [-0.39, 0.29) is 11.7 Å². The SMILES string of the molecule is CCS(=O)(=O)c1ccc(CC(=O)N(C)[C@@H]2CCCC[C@H]2C)cc1. The lowest BCUT2D eigenvalue weighted by molar-refractivity contribution is -0.132. The highest BCUT2D eigenvalue weighted by Crippen LogP contribution is 2.27. The molecule has 0 bridgehead atoms. The lowest BCUT2D eigenvalue weighted by Gasteiger charge is -2.36. The van der Waals surface area contributed by atoms with Gasteiger partial charge < -0.3 is 4.90 Å². The van der Waals surface area contributed by atoms with E-state index in [4.69, 9.17) is 0 Å². The van der Waals surface area contributed by atoms with E-state index in [1.165, 1.54) is 19.3 Å². The van der Waals surface area contributed by atoms with Gasteiger partial charge in [-0.25, -0.2) is 8.42 Å². The van der Waals surface area contributed by atoms with Crippen molar-refractivity contribution in [2.45, 2.75) is 56.9 Å². The van der Waals surface area contributed by atoms with Crippen molar-refractivity contribution in [2.24, 2.45) is 5.92 Å². The molecular weight excluding hydrogens is 310 g/mol. The highest BCUT2D eigenvalue weighted by molar-refractivity contribution is 7.91. The van der Waals surface area contributed by atoms with Crippen LogP contribution in [0.5, 0.6) is 0 Å². The number of likely N-dealkylation sites (N-methyl/N-ethyl adjacent to an activating group) is 1. The van der Waals surface area contributed by atoms with Crippen LogP contribution in [0.4, 0.5) is 0 Å². The van der Waals surface area contributed by atoms with E-state index >= 15 is 0 Å². The van der Waals surface area contributed by atoms with Gasteiger partial charge in [-0.1, -0.05) is 38.8 Å². The van der Waals surface area contributed by atoms with Crippen molar-refractivity contribution in [1.82, 2.24) is 4.90 Å². The zero-order valence-corrected chi connectivity index (χ0v) is 15.1. The van der Waals surface area contributed by atoms with Crippen molar-refractivity contribution in [2.75, 3.05) is 12.8 Å². The summed E-state index contributed by atoms with van der Waals surface area (Å²) in [5, 5.41) is 0. The molecule has 0 aromatic heterocycles. The first kappa shape index (κ1) is 18.0. The molecule has 5 heteroatoms. The van der Waals surface area contributed by atoms with Gasteiger partial charge in [0.05, 0.1) is 17.1 Å². The quantitative estimate of drug-likeness (QED) is 0.830. The summed E-state index contributed by atoms with van der Waals surface area (Å²) in [7, 11) is -1.29. The largest absolute Gasteiger partial charge is 0.342 e. The van der Waals surface area contributed by atoms with Gasteiger partial charge in [0, 0.05) is 13.1 Å². The van der Waals surface area contributed by atoms with E-state index in [1.807, 2.05) is 11.9 Å². The van der Waals surface area contributed by atoms with Gasteiger partial charge in [-0.2, -0.15) is 0 Å². The van der Waals surface area contributed by atoms with E-state index in [0.29, 0.717) is 23.3 Å². The highest BCUT2D eigenvalue weighted by atomic mass is 32.2. The Morgan fingerprint density at radius 2 is 1.78 bits per heavy atom. The van der Waals surface area contributed by atoms with Crippen LogP contribution in [0.3, 0.4) is 0 Å². The van der Waals surface area contributed by atoms with Crippen molar-refractivity contribution in [3.8, 4) is 0 Å². The first-order valence-electron chi connectivity index (χ1n) is 8.42. The number of carbonyl (C=O) groups excluding carboxylic acids is 1. The first-order chi connectivity index (χ1) is 10.8. The monoisotopic (exact) mass is 337 g/mol. The average Bonchev–Trinajstić information content (AvgIpc) is 2.55. The molecule has 0 spiro atoms. The lowest BCUT2D eigenvalue weighted by Crippen LogP contribution is -2.43. The number of rotatable bonds is 5. The number of amides is 1. The molecule has 1 aliphatic carbocycles. The Hall–Kier alpha value is -1.36. The minimum atomic E-state index is -3.18. The van der Waals surface area contributed by atoms with Crippen LogP contribution >= 0.6 is 0 Å². The van der Waals surface area contributed by atoms with Crippen LogP contribution in [-0.2, 0) is 21.1 Å². The van der Waals surface area contributed by atoms with Gasteiger partial charge in [0.1, 0.15) is 0 Å². The van der Waals surface area contributed by atoms with Crippen LogP contribution in [0, 0.1) is 5.92 Å². The highest BCUT2D eigenvalue weighted by Gasteiger charge is 2.27. The smallest absolute Gasteiger partial charge is 0.226 e. The molecule has 1 amide bonds. The molecule has 0 N–H and O–H groups in total. The van der Waals surface area contributed by atoms with E-state index in [1.54, 1.807) is 31.2 Å². The van der Waals surface area contributed by atoms with Crippen molar-refractivity contribution < 1.29 is 13.2 Å². The second-order valence-corrected chi connectivity index (χ2v) is 8.84. The molecule has 1 aromatic carbocycles. The molecule has 4 nitrogen and oxygen atoms in total. The van der Waals surface area contributed by atoms with Crippen LogP contribution in [0.15, 0.2) is 29.2 Å². The standard InChI is InChI=1S/C18H27NO3S/c1-4-23(21,22)16-11-9-15(10-12-16)13-18(20)19(3)17-8-6-5-7-14(17)2/h9-12,14,17H,4-8,13H2,1-3H3/t14-,17-/m1/s1. The van der Waals surface area contributed by atoms with Crippen LogP contribution in [0.1, 0.15) is 45.1 Å². The molecule has 0 heterocycles. The Bertz CT molecular complexity index is 637. The minimum Gasteiger partial charge on any atom is -0.342 e. The van der Waals surface area contributed by atoms with Crippen LogP contribution in [0.2, 0.25) is 0 Å². The summed E-state index contributed by atoms with van der Waals surface area (Å²) >= 11 is 0. The molecule has 2 rings (SSSR count). The number of benzene rings is 1. The molecule has 0 saturated heterocycles. The molecule has 128 valence electrons. The second-order valence-electron chi connectivity index (χ2n) is 6.56. The van der Waals surface area contributed by atoms with Gasteiger partial charge in [0.2, 0.25) is 5.91 Å². The van der Waals surface area contributed by atoms with E-state index in [0.717, 1.165) is 12.0 Å². The zero-order valence-electron chi connectivity index (χ0n) is 14.3. The molecule has 0 radical (unpaired) electrons. The molecule has 0 aliphatic heterocycles. The summed E-state index contributed by atoms with van der Waals surface area (Å²) in [6, 6.07) is 7.03. The summed E-state index contributed by atoms with van der Waals surface area (Å²) < 4.78 is 23.6. The molecule has 23 heavy (non-hydrogen) atoms. The van der Waals surface area contributed by atoms with Crippen LogP contribution in [-0.4, -0.2) is 38.1 Å². The number of sulfone groups is 1. The zero-order chi connectivity index (χ0) is 17.0. The van der Waals surface area contributed by atoms with Crippen molar-refractivity contribution >= 4 is 15.7 Å². The summed E-state index contributed by atoms with van der Waals surface area (Å²) in [5.41, 5.74) is 0.861. The Balaban J connectivity index is 2.02. The summed E-state index contributed by atoms with van der Waals surface area (Å²) in [6.45, 7) is 3.85. The van der Waals surface area contributed by atoms with E-state index in [9.17, 15) is 13.2 Å². The fourth-order valence-electron chi connectivity index (χ4n) is 3.34. The maximum absolute atomic E-state index is 12.5. The average molecular weight is 337 g/mol. The van der Waals surface area contributed by atoms with E-state index < -0.39 is 9.84 Å². The van der Waals surface area contributed by atoms with E-state index in [2.05, 4.69) is 6.92 Å². The molecule has 0 unspecified atom stereocenters. The van der Waals surface area contributed by atoms with Gasteiger partial charge in [-0.15, -0.1) is 0 Å². The Morgan fingerprint density at radius 3 is 2.35 bits per heavy atom. The molecule has 1 aliphatic rings. The molecule has 2 atom stereocenters. The van der Waals surface area contributed by atoms with Crippen LogP contribution < -0.4 is 0 Å². The number of hydrogen-bond acceptors (Lipinski definition) is 3. The van der Waals surface area contributed by atoms with Crippen LogP contribution in [0.25, 0.3) is 0 Å². The molecule has 1 aromatic rings. The Morgan fingerprint density at radius 1 is 1.17 bits per heavy atom. The number of hydrogen-bond donors (Lipinski definition) is 0. The molecule has 1 saturated carbocycles. The summed E-state index contributed by atoms with van der Waals surface area (Å²) in [5.74, 6) is 0.748. The third-order valence-electron chi connectivity index (χ3n) is 4.97. The van der Waals surface area contributed by atoms with Crippen molar-refractivity contribution in [3.63, 3.8) is 0 Å². The predicted octanol–water partition coefficient (Wildman–Crippen LogP) is 3.06. The Kier molecular flexibility index (Phi) is 5.84. The predicted molar refractivity (Wildman–Crippen MR) is 92.1 cm³/mol. The fraction of sp³-hybridized carbons (Fsp3) is 0.611. The van der Waals surface area contributed by atoms with Crippen molar-refractivity contribution in [3.05, 3.63) is 29.8 Å². The topological polar surface area (TPSA) is 54.5 Å². The first-order valence-corrected chi connectivity index (χ1v) is 10.1. The third-order valence-corrected chi connectivity index (χ3v) is 6.73. The second kappa shape index (κ2) is 7.47.